The first-order valence-corrected chi connectivity index (χ1v) is 5.99. The molecule has 1 fully saturated rings. The van der Waals surface area contributed by atoms with Gasteiger partial charge >= 0.3 is 5.97 Å². The summed E-state index contributed by atoms with van der Waals surface area (Å²) in [7, 11) is 3.36. The molecular formula is C13H18N2O3. The highest BCUT2D eigenvalue weighted by atomic mass is 16.7. The van der Waals surface area contributed by atoms with Crippen molar-refractivity contribution in [2.45, 2.75) is 6.10 Å². The van der Waals surface area contributed by atoms with Crippen molar-refractivity contribution in [3.05, 3.63) is 35.4 Å². The Bertz CT molecular complexity index is 414. The summed E-state index contributed by atoms with van der Waals surface area (Å²) < 4.78 is 5.68. The average molecular weight is 250 g/mol. The minimum Gasteiger partial charge on any atom is -0.371 e. The fourth-order valence-corrected chi connectivity index (χ4v) is 1.94. The molecule has 0 spiro atoms. The van der Waals surface area contributed by atoms with Crippen molar-refractivity contribution in [1.82, 2.24) is 10.4 Å². The van der Waals surface area contributed by atoms with Crippen LogP contribution in [-0.2, 0) is 9.57 Å². The summed E-state index contributed by atoms with van der Waals surface area (Å²) >= 11 is 0. The number of hydrogen-bond acceptors (Lipinski definition) is 5. The molecule has 0 bridgehead atoms. The van der Waals surface area contributed by atoms with Gasteiger partial charge < -0.3 is 14.9 Å². The van der Waals surface area contributed by atoms with Crippen LogP contribution in [-0.4, -0.2) is 44.8 Å². The Hall–Kier alpha value is -1.43. The van der Waals surface area contributed by atoms with E-state index >= 15 is 0 Å². The van der Waals surface area contributed by atoms with Crippen LogP contribution in [0.25, 0.3) is 0 Å². The molecule has 18 heavy (non-hydrogen) atoms. The molecule has 1 unspecified atom stereocenters. The summed E-state index contributed by atoms with van der Waals surface area (Å²) in [5.41, 5.74) is 1.43. The van der Waals surface area contributed by atoms with Gasteiger partial charge in [-0.25, -0.2) is 4.79 Å². The second-order valence-electron chi connectivity index (χ2n) is 4.34. The first-order valence-electron chi connectivity index (χ1n) is 5.99. The number of hydroxylamine groups is 2. The van der Waals surface area contributed by atoms with E-state index in [-0.39, 0.29) is 12.1 Å². The van der Waals surface area contributed by atoms with E-state index in [1.165, 1.54) is 5.06 Å². The minimum absolute atomic E-state index is 0.0929. The molecule has 0 radical (unpaired) electrons. The number of hydrogen-bond donors (Lipinski definition) is 1. The SMILES string of the molecule is CN(C)OC(=O)c1ccccc1C1CNCCO1. The molecule has 1 aliphatic heterocycles. The van der Waals surface area contributed by atoms with Crippen LogP contribution in [0.15, 0.2) is 24.3 Å². The van der Waals surface area contributed by atoms with E-state index in [1.807, 2.05) is 18.2 Å². The predicted octanol–water partition coefficient (Wildman–Crippen LogP) is 0.981. The number of nitrogens with zero attached hydrogens (tertiary/aromatic N) is 1. The zero-order chi connectivity index (χ0) is 13.0. The fourth-order valence-electron chi connectivity index (χ4n) is 1.94. The van der Waals surface area contributed by atoms with E-state index in [9.17, 15) is 4.79 Å². The number of morpholine rings is 1. The third-order valence-corrected chi connectivity index (χ3v) is 2.72. The molecule has 5 heteroatoms. The van der Waals surface area contributed by atoms with Gasteiger partial charge in [0.1, 0.15) is 0 Å². The lowest BCUT2D eigenvalue weighted by molar-refractivity contribution is -0.0718. The third-order valence-electron chi connectivity index (χ3n) is 2.72. The summed E-state index contributed by atoms with van der Waals surface area (Å²) in [6, 6.07) is 7.40. The van der Waals surface area contributed by atoms with E-state index in [0.29, 0.717) is 18.7 Å². The van der Waals surface area contributed by atoms with E-state index in [0.717, 1.165) is 12.1 Å². The average Bonchev–Trinajstić information content (AvgIpc) is 2.39. The van der Waals surface area contributed by atoms with Crippen molar-refractivity contribution in [3.8, 4) is 0 Å². The molecule has 0 aliphatic carbocycles. The fraction of sp³-hybridized carbons (Fsp3) is 0.462. The maximum absolute atomic E-state index is 12.0. The summed E-state index contributed by atoms with van der Waals surface area (Å²) in [5, 5.41) is 4.64. The molecule has 0 saturated carbocycles. The molecule has 98 valence electrons. The highest BCUT2D eigenvalue weighted by Gasteiger charge is 2.22. The highest BCUT2D eigenvalue weighted by Crippen LogP contribution is 2.23. The molecule has 5 nitrogen and oxygen atoms in total. The number of benzene rings is 1. The lowest BCUT2D eigenvalue weighted by Gasteiger charge is -2.25. The maximum Gasteiger partial charge on any atom is 0.357 e. The van der Waals surface area contributed by atoms with Crippen molar-refractivity contribution in [1.29, 1.82) is 0 Å². The lowest BCUT2D eigenvalue weighted by atomic mass is 10.0. The quantitative estimate of drug-likeness (QED) is 0.810. The van der Waals surface area contributed by atoms with Crippen molar-refractivity contribution >= 4 is 5.97 Å². The number of ether oxygens (including phenoxy) is 1. The van der Waals surface area contributed by atoms with Crippen LogP contribution in [0.4, 0.5) is 0 Å². The largest absolute Gasteiger partial charge is 0.371 e. The van der Waals surface area contributed by atoms with Gasteiger partial charge in [-0.05, 0) is 11.6 Å². The zero-order valence-corrected chi connectivity index (χ0v) is 10.7. The van der Waals surface area contributed by atoms with Gasteiger partial charge in [-0.15, -0.1) is 5.06 Å². The second-order valence-corrected chi connectivity index (χ2v) is 4.34. The number of carbonyl (C=O) groups excluding carboxylic acids is 1. The van der Waals surface area contributed by atoms with Crippen LogP contribution in [0.5, 0.6) is 0 Å². The van der Waals surface area contributed by atoms with Gasteiger partial charge in [0, 0.05) is 27.2 Å². The Labute approximate surface area is 107 Å². The van der Waals surface area contributed by atoms with Crippen LogP contribution in [0.2, 0.25) is 0 Å². The first kappa shape index (κ1) is 13.0. The van der Waals surface area contributed by atoms with Gasteiger partial charge in [0.25, 0.3) is 0 Å². The Balaban J connectivity index is 2.21. The van der Waals surface area contributed by atoms with Crippen LogP contribution in [0, 0.1) is 0 Å². The molecule has 1 heterocycles. The van der Waals surface area contributed by atoms with Crippen LogP contribution in [0.3, 0.4) is 0 Å². The van der Waals surface area contributed by atoms with Gasteiger partial charge in [-0.2, -0.15) is 0 Å². The van der Waals surface area contributed by atoms with Crippen molar-refractivity contribution in [3.63, 3.8) is 0 Å². The Kier molecular flexibility index (Phi) is 4.30. The predicted molar refractivity (Wildman–Crippen MR) is 67.1 cm³/mol. The van der Waals surface area contributed by atoms with Crippen molar-refractivity contribution < 1.29 is 14.4 Å². The Morgan fingerprint density at radius 3 is 2.89 bits per heavy atom. The Morgan fingerprint density at radius 1 is 1.44 bits per heavy atom. The molecule has 1 aromatic carbocycles. The molecular weight excluding hydrogens is 232 g/mol. The molecule has 2 rings (SSSR count). The van der Waals surface area contributed by atoms with Crippen molar-refractivity contribution in [2.75, 3.05) is 33.8 Å². The minimum atomic E-state index is -0.357. The highest BCUT2D eigenvalue weighted by molar-refractivity contribution is 5.91. The van der Waals surface area contributed by atoms with Crippen molar-refractivity contribution in [2.24, 2.45) is 0 Å². The molecule has 1 aromatic rings. The molecule has 1 aliphatic rings. The van der Waals surface area contributed by atoms with E-state index < -0.39 is 0 Å². The number of rotatable bonds is 3. The number of carbonyl (C=O) groups is 1. The normalized spacial score (nSPS) is 19.8. The third kappa shape index (κ3) is 3.07. The maximum atomic E-state index is 12.0. The molecule has 1 atom stereocenters. The monoisotopic (exact) mass is 250 g/mol. The smallest absolute Gasteiger partial charge is 0.357 e. The molecule has 1 saturated heterocycles. The van der Waals surface area contributed by atoms with E-state index in [2.05, 4.69) is 5.32 Å². The van der Waals surface area contributed by atoms with Gasteiger partial charge in [0.05, 0.1) is 18.3 Å². The van der Waals surface area contributed by atoms with Gasteiger partial charge in [0.2, 0.25) is 0 Å². The second kappa shape index (κ2) is 5.95. The summed E-state index contributed by atoms with van der Waals surface area (Å²) in [4.78, 5) is 17.1. The van der Waals surface area contributed by atoms with E-state index in [4.69, 9.17) is 9.57 Å². The topological polar surface area (TPSA) is 50.8 Å². The molecule has 0 amide bonds. The molecule has 0 aromatic heterocycles. The van der Waals surface area contributed by atoms with Crippen LogP contribution in [0.1, 0.15) is 22.0 Å². The summed E-state index contributed by atoms with van der Waals surface area (Å²) in [5.74, 6) is -0.357. The van der Waals surface area contributed by atoms with E-state index in [1.54, 1.807) is 20.2 Å². The van der Waals surface area contributed by atoms with Crippen LogP contribution < -0.4 is 5.32 Å². The van der Waals surface area contributed by atoms with Gasteiger partial charge in [-0.3, -0.25) is 0 Å². The first-order chi connectivity index (χ1) is 8.68. The Morgan fingerprint density at radius 2 is 2.22 bits per heavy atom. The number of nitrogens with one attached hydrogen (secondary N) is 1. The summed E-state index contributed by atoms with van der Waals surface area (Å²) in [6.45, 7) is 2.22. The lowest BCUT2D eigenvalue weighted by Crippen LogP contribution is -2.34. The summed E-state index contributed by atoms with van der Waals surface area (Å²) in [6.07, 6.45) is -0.0929. The van der Waals surface area contributed by atoms with Gasteiger partial charge in [0.15, 0.2) is 0 Å². The van der Waals surface area contributed by atoms with Crippen LogP contribution >= 0.6 is 0 Å². The zero-order valence-electron chi connectivity index (χ0n) is 10.7. The molecule has 1 N–H and O–H groups in total. The van der Waals surface area contributed by atoms with Gasteiger partial charge in [-0.1, -0.05) is 18.2 Å². The standard InChI is InChI=1S/C13H18N2O3/c1-15(2)18-13(16)11-6-4-3-5-10(11)12-9-14-7-8-17-12/h3-6,12,14H,7-9H2,1-2H3.